The van der Waals surface area contributed by atoms with Crippen molar-refractivity contribution in [1.82, 2.24) is 20.0 Å². The molecule has 3 aliphatic rings. The predicted octanol–water partition coefficient (Wildman–Crippen LogP) is 2.27. The van der Waals surface area contributed by atoms with E-state index in [0.717, 1.165) is 12.6 Å². The van der Waals surface area contributed by atoms with Gasteiger partial charge < -0.3 is 9.64 Å². The zero-order valence-corrected chi connectivity index (χ0v) is 19.7. The smallest absolute Gasteiger partial charge is 0.257 e. The Balaban J connectivity index is 1.22. The maximum absolute atomic E-state index is 13.7. The second kappa shape index (κ2) is 10.2. The van der Waals surface area contributed by atoms with Crippen molar-refractivity contribution in [2.24, 2.45) is 5.92 Å². The first-order valence-corrected chi connectivity index (χ1v) is 12.0. The molecule has 0 aromatic carbocycles. The number of hydrogen-bond donors (Lipinski definition) is 0. The van der Waals surface area contributed by atoms with Crippen LogP contribution in [0.5, 0.6) is 0 Å². The van der Waals surface area contributed by atoms with Crippen LogP contribution in [-0.4, -0.2) is 71.3 Å². The lowest BCUT2D eigenvalue weighted by atomic mass is 9.95. The van der Waals surface area contributed by atoms with Gasteiger partial charge in [0.05, 0.1) is 18.8 Å². The number of piperidine rings is 2. The molecule has 186 valence electrons. The first-order chi connectivity index (χ1) is 17.0. The second-order valence-corrected chi connectivity index (χ2v) is 9.07. The van der Waals surface area contributed by atoms with E-state index in [2.05, 4.69) is 15.0 Å². The maximum Gasteiger partial charge on any atom is 0.257 e. The van der Waals surface area contributed by atoms with Crippen molar-refractivity contribution >= 4 is 23.6 Å². The Labute approximate surface area is 203 Å². The van der Waals surface area contributed by atoms with Crippen molar-refractivity contribution < 1.29 is 23.6 Å². The molecule has 5 heterocycles. The highest BCUT2D eigenvalue weighted by atomic mass is 19.1. The minimum Gasteiger partial charge on any atom is -0.372 e. The summed E-state index contributed by atoms with van der Waals surface area (Å²) in [5.74, 6) is 0.305. The summed E-state index contributed by atoms with van der Waals surface area (Å²) in [6, 6.07) is 2.81. The third kappa shape index (κ3) is 4.83. The molecule has 5 rings (SSSR count). The van der Waals surface area contributed by atoms with E-state index < -0.39 is 11.9 Å². The largest absolute Gasteiger partial charge is 0.372 e. The number of carbonyl (C=O) groups is 2. The normalized spacial score (nSPS) is 23.7. The molecular weight excluding hydrogens is 455 g/mol. The van der Waals surface area contributed by atoms with E-state index in [-0.39, 0.29) is 23.8 Å². The summed E-state index contributed by atoms with van der Waals surface area (Å²) in [7, 11) is 1.55. The van der Waals surface area contributed by atoms with E-state index in [1.54, 1.807) is 30.5 Å². The number of ether oxygens (including phenoxy) is 1. The van der Waals surface area contributed by atoms with E-state index in [1.807, 2.05) is 4.90 Å². The Kier molecular flexibility index (Phi) is 6.87. The standard InChI is InChI=1S/C24H29FN6O4/c1-34-20-3-2-9-30(23(20)33)21-4-8-27-24(28-21)29-10-5-16(6-11-29)22(32)31-19(7-12-35-31)17-13-18(25)15-26-14-17/h4,8,13-16,19-20H,2-3,5-7,9-12H2,1H3/t19-,20+/m0/s1. The number of carbonyl (C=O) groups excluding carboxylic acids is 2. The van der Waals surface area contributed by atoms with E-state index in [0.29, 0.717) is 69.3 Å². The molecule has 2 aromatic heterocycles. The number of hydroxylamine groups is 2. The summed E-state index contributed by atoms with van der Waals surface area (Å²) in [6.45, 7) is 2.22. The Bertz CT molecular complexity index is 1080. The third-order valence-electron chi connectivity index (χ3n) is 6.94. The number of rotatable bonds is 5. The zero-order chi connectivity index (χ0) is 24.4. The Morgan fingerprint density at radius 3 is 2.77 bits per heavy atom. The third-order valence-corrected chi connectivity index (χ3v) is 6.94. The van der Waals surface area contributed by atoms with Gasteiger partial charge in [-0.3, -0.25) is 24.3 Å². The molecule has 0 bridgehead atoms. The van der Waals surface area contributed by atoms with E-state index in [4.69, 9.17) is 9.57 Å². The van der Waals surface area contributed by atoms with Crippen LogP contribution >= 0.6 is 0 Å². The van der Waals surface area contributed by atoms with Gasteiger partial charge in [0, 0.05) is 51.5 Å². The summed E-state index contributed by atoms with van der Waals surface area (Å²) in [4.78, 5) is 48.2. The van der Waals surface area contributed by atoms with Crippen LogP contribution in [0.2, 0.25) is 0 Å². The lowest BCUT2D eigenvalue weighted by molar-refractivity contribution is -0.182. The highest BCUT2D eigenvalue weighted by Crippen LogP contribution is 2.34. The first kappa shape index (κ1) is 23.6. The second-order valence-electron chi connectivity index (χ2n) is 9.07. The summed E-state index contributed by atoms with van der Waals surface area (Å²) in [6.07, 6.45) is 7.36. The van der Waals surface area contributed by atoms with Gasteiger partial charge in [0.2, 0.25) is 11.9 Å². The van der Waals surface area contributed by atoms with Gasteiger partial charge in [-0.25, -0.2) is 14.4 Å². The number of methoxy groups -OCH3 is 1. The highest BCUT2D eigenvalue weighted by Gasteiger charge is 2.38. The molecule has 10 nitrogen and oxygen atoms in total. The number of anilines is 2. The molecule has 0 saturated carbocycles. The summed E-state index contributed by atoms with van der Waals surface area (Å²) < 4.78 is 19.0. The molecule has 0 aliphatic carbocycles. The Morgan fingerprint density at radius 2 is 2.00 bits per heavy atom. The van der Waals surface area contributed by atoms with Crippen LogP contribution in [0.25, 0.3) is 0 Å². The van der Waals surface area contributed by atoms with Gasteiger partial charge in [0.25, 0.3) is 5.91 Å². The maximum atomic E-state index is 13.7. The van der Waals surface area contributed by atoms with Crippen molar-refractivity contribution in [2.75, 3.05) is 43.2 Å². The number of amides is 2. The first-order valence-electron chi connectivity index (χ1n) is 12.0. The van der Waals surface area contributed by atoms with Gasteiger partial charge in [0.1, 0.15) is 17.7 Å². The van der Waals surface area contributed by atoms with Crippen molar-refractivity contribution in [3.05, 3.63) is 42.1 Å². The monoisotopic (exact) mass is 484 g/mol. The highest BCUT2D eigenvalue weighted by molar-refractivity contribution is 5.96. The average molecular weight is 485 g/mol. The zero-order valence-electron chi connectivity index (χ0n) is 19.7. The number of hydrogen-bond acceptors (Lipinski definition) is 8. The minimum absolute atomic E-state index is 0.0821. The van der Waals surface area contributed by atoms with Gasteiger partial charge in [-0.1, -0.05) is 0 Å². The lowest BCUT2D eigenvalue weighted by Crippen LogP contribution is -2.46. The van der Waals surface area contributed by atoms with Gasteiger partial charge in [0.15, 0.2) is 0 Å². The van der Waals surface area contributed by atoms with Crippen LogP contribution in [0.4, 0.5) is 16.2 Å². The van der Waals surface area contributed by atoms with Crippen molar-refractivity contribution in [2.45, 2.75) is 44.2 Å². The molecule has 2 amide bonds. The van der Waals surface area contributed by atoms with Crippen molar-refractivity contribution in [3.63, 3.8) is 0 Å². The molecule has 2 atom stereocenters. The Morgan fingerprint density at radius 1 is 1.17 bits per heavy atom. The molecular formula is C24H29FN6O4. The van der Waals surface area contributed by atoms with Crippen LogP contribution in [0, 0.1) is 11.7 Å². The van der Waals surface area contributed by atoms with Gasteiger partial charge in [-0.05, 0) is 43.4 Å². The van der Waals surface area contributed by atoms with Crippen LogP contribution in [0.15, 0.2) is 30.7 Å². The lowest BCUT2D eigenvalue weighted by Gasteiger charge is -2.35. The van der Waals surface area contributed by atoms with Gasteiger partial charge in [-0.2, -0.15) is 4.98 Å². The Hall–Kier alpha value is -3.18. The van der Waals surface area contributed by atoms with E-state index >= 15 is 0 Å². The number of halogens is 1. The van der Waals surface area contributed by atoms with Crippen LogP contribution < -0.4 is 9.80 Å². The summed E-state index contributed by atoms with van der Waals surface area (Å²) >= 11 is 0. The quantitative estimate of drug-likeness (QED) is 0.637. The van der Waals surface area contributed by atoms with Crippen LogP contribution in [0.1, 0.15) is 43.7 Å². The molecule has 3 aliphatic heterocycles. The molecule has 3 fully saturated rings. The summed E-state index contributed by atoms with van der Waals surface area (Å²) in [5.41, 5.74) is 0.640. The van der Waals surface area contributed by atoms with Crippen molar-refractivity contribution in [1.29, 1.82) is 0 Å². The molecule has 0 radical (unpaired) electrons. The topological polar surface area (TPSA) is 101 Å². The van der Waals surface area contributed by atoms with Gasteiger partial charge >= 0.3 is 0 Å². The molecule has 0 spiro atoms. The number of nitrogens with zero attached hydrogens (tertiary/aromatic N) is 6. The summed E-state index contributed by atoms with van der Waals surface area (Å²) in [5, 5.41) is 1.40. The SMILES string of the molecule is CO[C@@H]1CCCN(c2ccnc(N3CCC(C(=O)N4OCC[C@H]4c4cncc(F)c4)CC3)n2)C1=O. The minimum atomic E-state index is -0.441. The molecule has 35 heavy (non-hydrogen) atoms. The number of pyridine rings is 1. The average Bonchev–Trinajstić information content (AvgIpc) is 3.39. The van der Waals surface area contributed by atoms with E-state index in [9.17, 15) is 14.0 Å². The van der Waals surface area contributed by atoms with Gasteiger partial charge in [-0.15, -0.1) is 0 Å². The number of aromatic nitrogens is 3. The molecule has 2 aromatic rings. The van der Waals surface area contributed by atoms with Crippen molar-refractivity contribution in [3.8, 4) is 0 Å². The predicted molar refractivity (Wildman–Crippen MR) is 124 cm³/mol. The molecule has 0 N–H and O–H groups in total. The van der Waals surface area contributed by atoms with E-state index in [1.165, 1.54) is 11.1 Å². The fourth-order valence-electron chi connectivity index (χ4n) is 5.04. The molecule has 11 heteroatoms. The molecule has 0 unspecified atom stereocenters. The molecule has 3 saturated heterocycles. The van der Waals surface area contributed by atoms with Crippen LogP contribution in [0.3, 0.4) is 0 Å². The fourth-order valence-corrected chi connectivity index (χ4v) is 5.04. The van der Waals surface area contributed by atoms with Crippen LogP contribution in [-0.2, 0) is 19.2 Å². The fraction of sp³-hybridized carbons (Fsp3) is 0.542.